The van der Waals surface area contributed by atoms with Crippen molar-refractivity contribution < 1.29 is 31.6 Å². The van der Waals surface area contributed by atoms with Crippen LogP contribution in [0.25, 0.3) is 11.4 Å². The molecular weight excluding hydrogens is 356 g/mol. The molecule has 0 atom stereocenters. The fraction of sp³-hybridized carbons (Fsp3) is 0.118. The van der Waals surface area contributed by atoms with Gasteiger partial charge in [0.25, 0.3) is 5.89 Å². The number of hydrogen-bond acceptors (Lipinski definition) is 5. The lowest BCUT2D eigenvalue weighted by Crippen LogP contribution is -2.05. The first-order chi connectivity index (χ1) is 12.3. The van der Waals surface area contributed by atoms with E-state index in [9.17, 15) is 22.4 Å². The average Bonchev–Trinajstić information content (AvgIpc) is 3.08. The van der Waals surface area contributed by atoms with E-state index in [1.165, 1.54) is 30.3 Å². The van der Waals surface area contributed by atoms with Crippen molar-refractivity contribution in [3.05, 3.63) is 71.4 Å². The van der Waals surface area contributed by atoms with Crippen LogP contribution in [0.15, 0.2) is 53.1 Å². The number of aromatic nitrogens is 2. The summed E-state index contributed by atoms with van der Waals surface area (Å²) >= 11 is 0. The molecule has 0 saturated carbocycles. The monoisotopic (exact) mass is 366 g/mol. The Bertz CT molecular complexity index is 938. The highest BCUT2D eigenvalue weighted by Gasteiger charge is 2.30. The fourth-order valence-electron chi connectivity index (χ4n) is 2.09. The molecule has 26 heavy (non-hydrogen) atoms. The van der Waals surface area contributed by atoms with Crippen molar-refractivity contribution in [1.82, 2.24) is 10.1 Å². The van der Waals surface area contributed by atoms with Crippen molar-refractivity contribution in [2.75, 3.05) is 0 Å². The van der Waals surface area contributed by atoms with Crippen molar-refractivity contribution in [2.45, 2.75) is 12.8 Å². The number of carbonyl (C=O) groups excluding carboxylic acids is 1. The molecule has 134 valence electrons. The van der Waals surface area contributed by atoms with Gasteiger partial charge in [-0.15, -0.1) is 0 Å². The second-order valence-electron chi connectivity index (χ2n) is 5.18. The van der Waals surface area contributed by atoms with Gasteiger partial charge in [0.15, 0.2) is 6.61 Å². The van der Waals surface area contributed by atoms with E-state index in [2.05, 4.69) is 10.1 Å². The molecule has 0 unspecified atom stereocenters. The summed E-state index contributed by atoms with van der Waals surface area (Å²) in [6.07, 6.45) is -4.50. The van der Waals surface area contributed by atoms with Gasteiger partial charge in [0.05, 0.1) is 11.1 Å². The minimum atomic E-state index is -4.50. The Kier molecular flexibility index (Phi) is 4.70. The smallest absolute Gasteiger partial charge is 0.416 e. The van der Waals surface area contributed by atoms with E-state index in [1.54, 1.807) is 0 Å². The van der Waals surface area contributed by atoms with Gasteiger partial charge < -0.3 is 9.26 Å². The molecule has 3 rings (SSSR count). The van der Waals surface area contributed by atoms with Crippen molar-refractivity contribution in [1.29, 1.82) is 0 Å². The van der Waals surface area contributed by atoms with Gasteiger partial charge in [-0.05, 0) is 30.3 Å². The number of rotatable bonds is 4. The predicted octanol–water partition coefficient (Wildman–Crippen LogP) is 4.25. The van der Waals surface area contributed by atoms with Crippen molar-refractivity contribution >= 4 is 5.97 Å². The second-order valence-corrected chi connectivity index (χ2v) is 5.18. The minimum absolute atomic E-state index is 0.00242. The summed E-state index contributed by atoms with van der Waals surface area (Å²) in [4.78, 5) is 15.7. The molecule has 9 heteroatoms. The maximum atomic E-state index is 13.1. The number of halogens is 4. The number of nitrogens with zero attached hydrogens (tertiary/aromatic N) is 2. The Hall–Kier alpha value is -3.23. The van der Waals surface area contributed by atoms with E-state index < -0.39 is 30.1 Å². The Morgan fingerprint density at radius 3 is 2.62 bits per heavy atom. The first-order valence-electron chi connectivity index (χ1n) is 7.26. The third-order valence-corrected chi connectivity index (χ3v) is 3.30. The first-order valence-corrected chi connectivity index (χ1v) is 7.26. The van der Waals surface area contributed by atoms with Crippen molar-refractivity contribution in [2.24, 2.45) is 0 Å². The highest BCUT2D eigenvalue weighted by Crippen LogP contribution is 2.31. The third kappa shape index (κ3) is 4.05. The van der Waals surface area contributed by atoms with Crippen LogP contribution in [0.4, 0.5) is 17.6 Å². The van der Waals surface area contributed by atoms with E-state index in [-0.39, 0.29) is 22.8 Å². The molecule has 5 nitrogen and oxygen atoms in total. The van der Waals surface area contributed by atoms with E-state index in [0.717, 1.165) is 18.2 Å². The van der Waals surface area contributed by atoms with Gasteiger partial charge in [-0.1, -0.05) is 23.4 Å². The normalized spacial score (nSPS) is 11.4. The molecule has 0 bridgehead atoms. The zero-order chi connectivity index (χ0) is 18.7. The maximum Gasteiger partial charge on any atom is 0.416 e. The molecule has 1 heterocycles. The fourth-order valence-corrected chi connectivity index (χ4v) is 2.09. The lowest BCUT2D eigenvalue weighted by Gasteiger charge is -2.06. The molecule has 0 amide bonds. The Morgan fingerprint density at radius 1 is 1.12 bits per heavy atom. The molecule has 3 aromatic rings. The van der Waals surface area contributed by atoms with Gasteiger partial charge in [0.1, 0.15) is 5.82 Å². The zero-order valence-corrected chi connectivity index (χ0v) is 13.0. The Balaban J connectivity index is 1.70. The van der Waals surface area contributed by atoms with Gasteiger partial charge in [0, 0.05) is 5.56 Å². The molecule has 2 aromatic carbocycles. The number of benzene rings is 2. The average molecular weight is 366 g/mol. The van der Waals surface area contributed by atoms with E-state index in [1.807, 2.05) is 0 Å². The molecule has 1 aromatic heterocycles. The third-order valence-electron chi connectivity index (χ3n) is 3.30. The summed E-state index contributed by atoms with van der Waals surface area (Å²) in [5.74, 6) is -1.58. The second kappa shape index (κ2) is 6.95. The van der Waals surface area contributed by atoms with Crippen molar-refractivity contribution in [3.8, 4) is 11.4 Å². The molecule has 0 aliphatic heterocycles. The van der Waals surface area contributed by atoms with Crippen LogP contribution in [-0.2, 0) is 17.5 Å². The quantitative estimate of drug-likeness (QED) is 0.510. The van der Waals surface area contributed by atoms with Crippen LogP contribution in [0.3, 0.4) is 0 Å². The summed E-state index contributed by atoms with van der Waals surface area (Å²) in [5, 5.41) is 3.57. The molecule has 0 aliphatic carbocycles. The molecule has 0 N–H and O–H groups in total. The van der Waals surface area contributed by atoms with Crippen LogP contribution in [0.5, 0.6) is 0 Å². The largest absolute Gasteiger partial charge is 0.452 e. The lowest BCUT2D eigenvalue weighted by atomic mass is 10.1. The molecule has 0 radical (unpaired) electrons. The number of hydrogen-bond donors (Lipinski definition) is 0. The minimum Gasteiger partial charge on any atom is -0.452 e. The van der Waals surface area contributed by atoms with Gasteiger partial charge >= 0.3 is 12.1 Å². The van der Waals surface area contributed by atoms with Gasteiger partial charge in [-0.25, -0.2) is 9.18 Å². The van der Waals surface area contributed by atoms with Crippen LogP contribution in [0, 0.1) is 5.82 Å². The number of esters is 1. The standard InChI is InChI=1S/C17H10F4N2O3/c18-13-6-2-4-11(8-13)16(24)25-9-14-22-15(23-26-14)10-3-1-5-12(7-10)17(19,20)21/h1-8H,9H2. The molecule has 0 aliphatic rings. The van der Waals surface area contributed by atoms with Crippen LogP contribution in [0.1, 0.15) is 21.8 Å². The van der Waals surface area contributed by atoms with E-state index in [0.29, 0.717) is 0 Å². The first kappa shape index (κ1) is 17.6. The number of alkyl halides is 3. The Morgan fingerprint density at radius 2 is 1.88 bits per heavy atom. The molecule has 0 fully saturated rings. The lowest BCUT2D eigenvalue weighted by molar-refractivity contribution is -0.137. The SMILES string of the molecule is O=C(OCc1nc(-c2cccc(C(F)(F)F)c2)no1)c1cccc(F)c1. The topological polar surface area (TPSA) is 65.2 Å². The Labute approximate surface area is 144 Å². The predicted molar refractivity (Wildman–Crippen MR) is 80.3 cm³/mol. The van der Waals surface area contributed by atoms with Crippen molar-refractivity contribution in [3.63, 3.8) is 0 Å². The van der Waals surface area contributed by atoms with Gasteiger partial charge in [-0.2, -0.15) is 18.2 Å². The zero-order valence-electron chi connectivity index (χ0n) is 13.0. The number of carbonyl (C=O) groups is 1. The van der Waals surface area contributed by atoms with Gasteiger partial charge in [-0.3, -0.25) is 0 Å². The van der Waals surface area contributed by atoms with Crippen LogP contribution in [0.2, 0.25) is 0 Å². The highest BCUT2D eigenvalue weighted by molar-refractivity contribution is 5.89. The highest BCUT2D eigenvalue weighted by atomic mass is 19.4. The molecule has 0 spiro atoms. The summed E-state index contributed by atoms with van der Waals surface area (Å²) in [5.41, 5.74) is -0.743. The number of ether oxygens (including phenoxy) is 1. The van der Waals surface area contributed by atoms with Crippen LogP contribution in [-0.4, -0.2) is 16.1 Å². The van der Waals surface area contributed by atoms with E-state index >= 15 is 0 Å². The van der Waals surface area contributed by atoms with Gasteiger partial charge in [0.2, 0.25) is 5.82 Å². The summed E-state index contributed by atoms with van der Waals surface area (Å²) in [6, 6.07) is 9.32. The van der Waals surface area contributed by atoms with Crippen LogP contribution >= 0.6 is 0 Å². The van der Waals surface area contributed by atoms with Crippen LogP contribution < -0.4 is 0 Å². The summed E-state index contributed by atoms with van der Waals surface area (Å²) in [7, 11) is 0. The summed E-state index contributed by atoms with van der Waals surface area (Å²) in [6.45, 7) is -0.401. The van der Waals surface area contributed by atoms with E-state index in [4.69, 9.17) is 9.26 Å². The molecular formula is C17H10F4N2O3. The summed E-state index contributed by atoms with van der Waals surface area (Å²) < 4.78 is 61.1. The molecule has 0 saturated heterocycles. The maximum absolute atomic E-state index is 13.1.